The average Bonchev–Trinajstić information content (AvgIpc) is 3.01. The summed E-state index contributed by atoms with van der Waals surface area (Å²) >= 11 is 0. The van der Waals surface area contributed by atoms with Crippen molar-refractivity contribution in [3.8, 4) is 0 Å². The van der Waals surface area contributed by atoms with E-state index in [2.05, 4.69) is 9.82 Å². The van der Waals surface area contributed by atoms with Gasteiger partial charge in [0, 0.05) is 32.0 Å². The third-order valence-electron chi connectivity index (χ3n) is 6.55. The van der Waals surface area contributed by atoms with Crippen molar-refractivity contribution >= 4 is 27.4 Å². The maximum Gasteiger partial charge on any atom is 0.337 e. The molecule has 0 atom stereocenters. The zero-order valence-electron chi connectivity index (χ0n) is 21.4. The van der Waals surface area contributed by atoms with Crippen molar-refractivity contribution in [1.82, 2.24) is 9.78 Å². The van der Waals surface area contributed by atoms with Gasteiger partial charge in [-0.1, -0.05) is 6.07 Å². The fourth-order valence-electron chi connectivity index (χ4n) is 4.33. The van der Waals surface area contributed by atoms with E-state index in [1.165, 1.54) is 11.6 Å². The highest BCUT2D eigenvalue weighted by molar-refractivity contribution is 7.92. The molecule has 0 aliphatic rings. The van der Waals surface area contributed by atoms with E-state index in [-0.39, 0.29) is 16.1 Å². The Morgan fingerprint density at radius 1 is 1.06 bits per heavy atom. The molecule has 0 amide bonds. The maximum absolute atomic E-state index is 13.0. The fraction of sp³-hybridized carbons (Fsp3) is 0.385. The lowest BCUT2D eigenvalue weighted by Gasteiger charge is -2.22. The standard InChI is InChI=1S/C26H34N4O4S/c1-16-13-18(3)25(14-17(16)2)35(33,34)28-21-10-11-24(23(15-21)26(31)32)29(6)12-8-9-22-19(4)27-30(7)20(22)5/h10-11,13-15,28H,8-9,12H2,1-7H3,(H,31,32). The quantitative estimate of drug-likeness (QED) is 0.449. The molecule has 0 fully saturated rings. The van der Waals surface area contributed by atoms with Gasteiger partial charge in [0.25, 0.3) is 10.0 Å². The molecule has 2 aromatic carbocycles. The monoisotopic (exact) mass is 498 g/mol. The van der Waals surface area contributed by atoms with E-state index in [0.29, 0.717) is 17.8 Å². The van der Waals surface area contributed by atoms with Crippen LogP contribution in [-0.2, 0) is 23.5 Å². The number of sulfonamides is 1. The highest BCUT2D eigenvalue weighted by atomic mass is 32.2. The van der Waals surface area contributed by atoms with Crippen molar-refractivity contribution in [3.05, 3.63) is 69.5 Å². The molecule has 9 heteroatoms. The molecule has 0 aliphatic carbocycles. The highest BCUT2D eigenvalue weighted by Crippen LogP contribution is 2.27. The molecule has 0 radical (unpaired) electrons. The van der Waals surface area contributed by atoms with Gasteiger partial charge in [-0.05, 0) is 94.0 Å². The van der Waals surface area contributed by atoms with Gasteiger partial charge in [0.2, 0.25) is 0 Å². The van der Waals surface area contributed by atoms with E-state index >= 15 is 0 Å². The summed E-state index contributed by atoms with van der Waals surface area (Å²) < 4.78 is 30.5. The molecule has 2 N–H and O–H groups in total. The lowest BCUT2D eigenvalue weighted by atomic mass is 10.1. The third kappa shape index (κ3) is 5.67. The van der Waals surface area contributed by atoms with Crippen LogP contribution in [0.1, 0.15) is 50.4 Å². The first kappa shape index (κ1) is 26.3. The molecule has 1 aromatic heterocycles. The molecule has 1 heterocycles. The number of carboxylic acids is 1. The molecular weight excluding hydrogens is 464 g/mol. The van der Waals surface area contributed by atoms with Crippen LogP contribution >= 0.6 is 0 Å². The number of rotatable bonds is 9. The Morgan fingerprint density at radius 2 is 1.71 bits per heavy atom. The van der Waals surface area contributed by atoms with Gasteiger partial charge in [-0.25, -0.2) is 13.2 Å². The second-order valence-electron chi connectivity index (χ2n) is 9.14. The average molecular weight is 499 g/mol. The first-order chi connectivity index (χ1) is 16.3. The van der Waals surface area contributed by atoms with Gasteiger partial charge in [0.15, 0.2) is 0 Å². The molecule has 188 valence electrons. The van der Waals surface area contributed by atoms with Gasteiger partial charge in [0.1, 0.15) is 0 Å². The smallest absolute Gasteiger partial charge is 0.337 e. The summed E-state index contributed by atoms with van der Waals surface area (Å²) in [6.07, 6.45) is 1.66. The SMILES string of the molecule is Cc1cc(C)c(S(=O)(=O)Nc2ccc(N(C)CCCc3c(C)nn(C)c3C)c(C(=O)O)c2)cc1C. The van der Waals surface area contributed by atoms with Crippen LogP contribution < -0.4 is 9.62 Å². The fourth-order valence-corrected chi connectivity index (χ4v) is 5.69. The van der Waals surface area contributed by atoms with Crippen LogP contribution in [0.2, 0.25) is 0 Å². The molecule has 0 bridgehead atoms. The van der Waals surface area contributed by atoms with Crippen LogP contribution in [0.25, 0.3) is 0 Å². The molecule has 0 saturated carbocycles. The van der Waals surface area contributed by atoms with Crippen molar-refractivity contribution in [2.45, 2.75) is 52.4 Å². The summed E-state index contributed by atoms with van der Waals surface area (Å²) in [7, 11) is -0.109. The van der Waals surface area contributed by atoms with Crippen molar-refractivity contribution in [2.24, 2.45) is 7.05 Å². The van der Waals surface area contributed by atoms with Crippen molar-refractivity contribution in [2.75, 3.05) is 23.2 Å². The highest BCUT2D eigenvalue weighted by Gasteiger charge is 2.21. The van der Waals surface area contributed by atoms with E-state index < -0.39 is 16.0 Å². The molecule has 0 spiro atoms. The zero-order valence-corrected chi connectivity index (χ0v) is 22.2. The third-order valence-corrected chi connectivity index (χ3v) is 8.07. The Hall–Kier alpha value is -3.33. The normalized spacial score (nSPS) is 11.5. The van der Waals surface area contributed by atoms with E-state index in [0.717, 1.165) is 35.4 Å². The number of nitrogens with one attached hydrogen (secondary N) is 1. The van der Waals surface area contributed by atoms with E-state index in [1.54, 1.807) is 25.1 Å². The number of nitrogens with zero attached hydrogens (tertiary/aromatic N) is 3. The molecule has 0 saturated heterocycles. The second-order valence-corrected chi connectivity index (χ2v) is 10.8. The van der Waals surface area contributed by atoms with Crippen molar-refractivity contribution in [3.63, 3.8) is 0 Å². The van der Waals surface area contributed by atoms with Crippen LogP contribution in [-0.4, -0.2) is 42.9 Å². The number of carboxylic acid groups (broad SMARTS) is 1. The summed E-state index contributed by atoms with van der Waals surface area (Å²) in [5.74, 6) is -1.12. The molecule has 35 heavy (non-hydrogen) atoms. The Bertz CT molecular complexity index is 1380. The van der Waals surface area contributed by atoms with Crippen molar-refractivity contribution < 1.29 is 18.3 Å². The number of aromatic nitrogens is 2. The zero-order chi connectivity index (χ0) is 26.1. The van der Waals surface area contributed by atoms with Gasteiger partial charge in [-0.15, -0.1) is 0 Å². The molecule has 3 aromatic rings. The Labute approximate surface area is 207 Å². The van der Waals surface area contributed by atoms with Crippen LogP contribution in [0.4, 0.5) is 11.4 Å². The van der Waals surface area contributed by atoms with Crippen LogP contribution in [0.15, 0.2) is 35.2 Å². The van der Waals surface area contributed by atoms with Gasteiger partial charge in [-0.2, -0.15) is 5.10 Å². The number of anilines is 2. The summed E-state index contributed by atoms with van der Waals surface area (Å²) in [4.78, 5) is 14.1. The molecule has 0 aliphatic heterocycles. The molecule has 8 nitrogen and oxygen atoms in total. The maximum atomic E-state index is 13.0. The number of hydrogen-bond acceptors (Lipinski definition) is 5. The van der Waals surface area contributed by atoms with E-state index in [9.17, 15) is 18.3 Å². The van der Waals surface area contributed by atoms with E-state index in [4.69, 9.17) is 0 Å². The first-order valence-electron chi connectivity index (χ1n) is 11.5. The summed E-state index contributed by atoms with van der Waals surface area (Å²) in [6, 6.07) is 8.09. The molecule has 0 unspecified atom stereocenters. The predicted octanol–water partition coefficient (Wildman–Crippen LogP) is 4.53. The second kappa shape index (κ2) is 10.1. The van der Waals surface area contributed by atoms with Crippen LogP contribution in [0, 0.1) is 34.6 Å². The molecule has 3 rings (SSSR count). The lowest BCUT2D eigenvalue weighted by molar-refractivity contribution is 0.0697. The molecular formula is C26H34N4O4S. The lowest BCUT2D eigenvalue weighted by Crippen LogP contribution is -2.22. The summed E-state index contributed by atoms with van der Waals surface area (Å²) in [6.45, 7) is 10.2. The topological polar surface area (TPSA) is 105 Å². The van der Waals surface area contributed by atoms with Crippen LogP contribution in [0.5, 0.6) is 0 Å². The Kier molecular flexibility index (Phi) is 7.59. The number of aromatic carboxylic acids is 1. The summed E-state index contributed by atoms with van der Waals surface area (Å²) in [5, 5.41) is 14.3. The number of hydrogen-bond donors (Lipinski definition) is 2. The minimum Gasteiger partial charge on any atom is -0.478 e. The summed E-state index contributed by atoms with van der Waals surface area (Å²) in [5.41, 5.74) is 6.65. The van der Waals surface area contributed by atoms with Gasteiger partial charge < -0.3 is 10.0 Å². The van der Waals surface area contributed by atoms with Crippen LogP contribution in [0.3, 0.4) is 0 Å². The van der Waals surface area contributed by atoms with E-state index in [1.807, 2.05) is 57.4 Å². The minimum absolute atomic E-state index is 0.0400. The largest absolute Gasteiger partial charge is 0.478 e. The Morgan fingerprint density at radius 3 is 2.31 bits per heavy atom. The Balaban J connectivity index is 1.79. The van der Waals surface area contributed by atoms with Gasteiger partial charge in [0.05, 0.1) is 21.8 Å². The van der Waals surface area contributed by atoms with Gasteiger partial charge >= 0.3 is 5.97 Å². The van der Waals surface area contributed by atoms with Gasteiger partial charge in [-0.3, -0.25) is 9.40 Å². The number of aryl methyl sites for hydroxylation is 5. The predicted molar refractivity (Wildman–Crippen MR) is 139 cm³/mol. The minimum atomic E-state index is -3.87. The first-order valence-corrected chi connectivity index (χ1v) is 13.0. The number of carbonyl (C=O) groups is 1. The van der Waals surface area contributed by atoms with Crippen molar-refractivity contribution in [1.29, 1.82) is 0 Å². The number of benzene rings is 2.